The lowest BCUT2D eigenvalue weighted by atomic mass is 10.3. The molecule has 2 aromatic rings. The van der Waals surface area contributed by atoms with Crippen LogP contribution in [0, 0.1) is 0 Å². The van der Waals surface area contributed by atoms with Gasteiger partial charge in [0.05, 0.1) is 5.69 Å². The first kappa shape index (κ1) is 9.98. The summed E-state index contributed by atoms with van der Waals surface area (Å²) in [5.74, 6) is 1.05. The van der Waals surface area contributed by atoms with Crippen LogP contribution >= 0.6 is 11.8 Å². The van der Waals surface area contributed by atoms with Gasteiger partial charge in [-0.2, -0.15) is 0 Å². The highest BCUT2D eigenvalue weighted by Crippen LogP contribution is 2.29. The second-order valence-electron chi connectivity index (χ2n) is 2.96. The summed E-state index contributed by atoms with van der Waals surface area (Å²) in [5, 5.41) is 9.53. The van der Waals surface area contributed by atoms with Crippen LogP contribution in [-0.2, 0) is 5.75 Å². The highest BCUT2D eigenvalue weighted by atomic mass is 32.2. The molecule has 0 radical (unpaired) electrons. The summed E-state index contributed by atoms with van der Waals surface area (Å²) in [6, 6.07) is 9.16. The van der Waals surface area contributed by atoms with Crippen LogP contribution in [0.3, 0.4) is 0 Å². The van der Waals surface area contributed by atoms with Crippen LogP contribution in [0.4, 0.5) is 0 Å². The van der Waals surface area contributed by atoms with E-state index in [0.717, 1.165) is 16.3 Å². The third-order valence-electron chi connectivity index (χ3n) is 1.88. The Kier molecular flexibility index (Phi) is 3.19. The fourth-order valence-electron chi connectivity index (χ4n) is 1.13. The molecule has 0 aliphatic rings. The molecule has 15 heavy (non-hydrogen) atoms. The molecule has 0 saturated heterocycles. The predicted molar refractivity (Wildman–Crippen MR) is 59.7 cm³/mol. The SMILES string of the molecule is Oc1ccccc1SCc1ccncn1. The number of thioether (sulfide) groups is 1. The van der Waals surface area contributed by atoms with Crippen LogP contribution in [0.5, 0.6) is 5.75 Å². The average molecular weight is 218 g/mol. The quantitative estimate of drug-likeness (QED) is 0.804. The van der Waals surface area contributed by atoms with Gasteiger partial charge in [-0.3, -0.25) is 0 Å². The summed E-state index contributed by atoms with van der Waals surface area (Å²) in [4.78, 5) is 8.83. The summed E-state index contributed by atoms with van der Waals surface area (Å²) in [7, 11) is 0. The number of hydrogen-bond acceptors (Lipinski definition) is 4. The molecule has 1 heterocycles. The third-order valence-corrected chi connectivity index (χ3v) is 2.98. The first-order valence-corrected chi connectivity index (χ1v) is 5.50. The number of aromatic hydroxyl groups is 1. The molecular weight excluding hydrogens is 208 g/mol. The topological polar surface area (TPSA) is 46.0 Å². The van der Waals surface area contributed by atoms with E-state index >= 15 is 0 Å². The van der Waals surface area contributed by atoms with Crippen molar-refractivity contribution in [1.29, 1.82) is 0 Å². The fourth-order valence-corrected chi connectivity index (χ4v) is 2.00. The van der Waals surface area contributed by atoms with Gasteiger partial charge in [0, 0.05) is 16.8 Å². The molecular formula is C11H10N2OS. The number of phenols is 1. The number of hydrogen-bond donors (Lipinski definition) is 1. The van der Waals surface area contributed by atoms with Crippen molar-refractivity contribution in [2.75, 3.05) is 0 Å². The third kappa shape index (κ3) is 2.70. The summed E-state index contributed by atoms with van der Waals surface area (Å²) in [5.41, 5.74) is 0.957. The molecule has 1 aromatic carbocycles. The monoisotopic (exact) mass is 218 g/mol. The Morgan fingerprint density at radius 2 is 2.07 bits per heavy atom. The highest BCUT2D eigenvalue weighted by Gasteiger charge is 2.01. The average Bonchev–Trinajstić information content (AvgIpc) is 2.29. The minimum Gasteiger partial charge on any atom is -0.507 e. The molecule has 0 aliphatic heterocycles. The second-order valence-corrected chi connectivity index (χ2v) is 3.97. The maximum absolute atomic E-state index is 9.53. The lowest BCUT2D eigenvalue weighted by Gasteiger charge is -2.02. The predicted octanol–water partition coefficient (Wildman–Crippen LogP) is 2.47. The Morgan fingerprint density at radius 1 is 1.20 bits per heavy atom. The molecule has 0 bridgehead atoms. The number of rotatable bonds is 3. The highest BCUT2D eigenvalue weighted by molar-refractivity contribution is 7.98. The van der Waals surface area contributed by atoms with E-state index < -0.39 is 0 Å². The molecule has 1 aromatic heterocycles. The Labute approximate surface area is 92.2 Å². The van der Waals surface area contributed by atoms with Gasteiger partial charge in [0.1, 0.15) is 12.1 Å². The molecule has 0 aliphatic carbocycles. The van der Waals surface area contributed by atoms with Crippen molar-refractivity contribution in [3.63, 3.8) is 0 Å². The molecule has 3 nitrogen and oxygen atoms in total. The van der Waals surface area contributed by atoms with Gasteiger partial charge < -0.3 is 5.11 Å². The Morgan fingerprint density at radius 3 is 2.80 bits per heavy atom. The first-order chi connectivity index (χ1) is 7.36. The van der Waals surface area contributed by atoms with Gasteiger partial charge in [0.2, 0.25) is 0 Å². The van der Waals surface area contributed by atoms with E-state index in [0.29, 0.717) is 5.75 Å². The number of aromatic nitrogens is 2. The van der Waals surface area contributed by atoms with E-state index in [1.54, 1.807) is 24.0 Å². The Bertz CT molecular complexity index is 434. The van der Waals surface area contributed by atoms with Crippen molar-refractivity contribution in [3.8, 4) is 5.75 Å². The molecule has 4 heteroatoms. The van der Waals surface area contributed by atoms with E-state index in [9.17, 15) is 5.11 Å². The van der Waals surface area contributed by atoms with Gasteiger partial charge in [0.25, 0.3) is 0 Å². The molecule has 0 atom stereocenters. The second kappa shape index (κ2) is 4.79. The zero-order chi connectivity index (χ0) is 10.5. The van der Waals surface area contributed by atoms with Gasteiger partial charge in [-0.15, -0.1) is 11.8 Å². The van der Waals surface area contributed by atoms with Crippen LogP contribution in [-0.4, -0.2) is 15.1 Å². The molecule has 2 rings (SSSR count). The molecule has 0 saturated carbocycles. The maximum Gasteiger partial charge on any atom is 0.129 e. The van der Waals surface area contributed by atoms with E-state index in [1.165, 1.54) is 6.33 Å². The van der Waals surface area contributed by atoms with Crippen molar-refractivity contribution in [3.05, 3.63) is 48.5 Å². The Hall–Kier alpha value is -1.55. The van der Waals surface area contributed by atoms with E-state index in [1.807, 2.05) is 24.3 Å². The van der Waals surface area contributed by atoms with Crippen LogP contribution in [0.2, 0.25) is 0 Å². The van der Waals surface area contributed by atoms with E-state index in [-0.39, 0.29) is 0 Å². The van der Waals surface area contributed by atoms with Crippen molar-refractivity contribution in [2.24, 2.45) is 0 Å². The van der Waals surface area contributed by atoms with Gasteiger partial charge in [-0.05, 0) is 18.2 Å². The lowest BCUT2D eigenvalue weighted by Crippen LogP contribution is -1.86. The summed E-state index contributed by atoms with van der Waals surface area (Å²) >= 11 is 1.56. The smallest absolute Gasteiger partial charge is 0.129 e. The Balaban J connectivity index is 2.03. The fraction of sp³-hybridized carbons (Fsp3) is 0.0909. The number of nitrogens with zero attached hydrogens (tertiary/aromatic N) is 2. The minimum atomic E-state index is 0.316. The lowest BCUT2D eigenvalue weighted by molar-refractivity contribution is 0.462. The van der Waals surface area contributed by atoms with Gasteiger partial charge in [-0.25, -0.2) is 9.97 Å². The largest absolute Gasteiger partial charge is 0.507 e. The van der Waals surface area contributed by atoms with Crippen molar-refractivity contribution in [1.82, 2.24) is 9.97 Å². The van der Waals surface area contributed by atoms with Crippen LogP contribution in [0.25, 0.3) is 0 Å². The van der Waals surface area contributed by atoms with Crippen molar-refractivity contribution in [2.45, 2.75) is 10.6 Å². The minimum absolute atomic E-state index is 0.316. The van der Waals surface area contributed by atoms with Crippen LogP contribution in [0.1, 0.15) is 5.69 Å². The molecule has 0 fully saturated rings. The molecule has 0 amide bonds. The normalized spacial score (nSPS) is 10.1. The maximum atomic E-state index is 9.53. The van der Waals surface area contributed by atoms with E-state index in [2.05, 4.69) is 9.97 Å². The van der Waals surface area contributed by atoms with Gasteiger partial charge in [-0.1, -0.05) is 12.1 Å². The van der Waals surface area contributed by atoms with Gasteiger partial charge >= 0.3 is 0 Å². The number of phenolic OH excluding ortho intramolecular Hbond substituents is 1. The van der Waals surface area contributed by atoms with E-state index in [4.69, 9.17) is 0 Å². The number of benzene rings is 1. The zero-order valence-corrected chi connectivity index (χ0v) is 8.81. The van der Waals surface area contributed by atoms with Crippen molar-refractivity contribution >= 4 is 11.8 Å². The molecule has 1 N–H and O–H groups in total. The van der Waals surface area contributed by atoms with Crippen LogP contribution in [0.15, 0.2) is 47.8 Å². The number of para-hydroxylation sites is 1. The summed E-state index contributed by atoms with van der Waals surface area (Å²) in [6.07, 6.45) is 3.24. The molecule has 76 valence electrons. The summed E-state index contributed by atoms with van der Waals surface area (Å²) < 4.78 is 0. The van der Waals surface area contributed by atoms with Crippen molar-refractivity contribution < 1.29 is 5.11 Å². The molecule has 0 unspecified atom stereocenters. The summed E-state index contributed by atoms with van der Waals surface area (Å²) in [6.45, 7) is 0. The zero-order valence-electron chi connectivity index (χ0n) is 8.00. The van der Waals surface area contributed by atoms with Gasteiger partial charge in [0.15, 0.2) is 0 Å². The standard InChI is InChI=1S/C11H10N2OS/c14-10-3-1-2-4-11(10)15-7-9-5-6-12-8-13-9/h1-6,8,14H,7H2. The first-order valence-electron chi connectivity index (χ1n) is 4.52. The molecule has 0 spiro atoms. The van der Waals surface area contributed by atoms with Crippen LogP contribution < -0.4 is 0 Å².